The molecule has 3 aromatic rings. The van der Waals surface area contributed by atoms with Crippen molar-refractivity contribution in [2.45, 2.75) is 6.92 Å². The van der Waals surface area contributed by atoms with Crippen LogP contribution < -0.4 is 5.32 Å². The number of hydrogen-bond acceptors (Lipinski definition) is 2. The average molecular weight is 365 g/mol. The molecule has 0 spiro atoms. The van der Waals surface area contributed by atoms with Gasteiger partial charge in [-0.2, -0.15) is 0 Å². The van der Waals surface area contributed by atoms with Crippen LogP contribution in [-0.4, -0.2) is 16.4 Å². The molecule has 0 aliphatic heterocycles. The van der Waals surface area contributed by atoms with Gasteiger partial charge in [0.05, 0.1) is 21.8 Å². The van der Waals surface area contributed by atoms with E-state index in [1.165, 1.54) is 42.0 Å². The molecule has 0 unspecified atom stereocenters. The standard InChI is InChI=1S/C17H11Cl2FN2O2/c1-9(23)22-8-13(12-4-3-11(20)7-16(12)22)17(24)21-15-6-10(18)2-5-14(15)19/h2-8H,1H3,(H,21,24). The first kappa shape index (κ1) is 16.5. The first-order valence-electron chi connectivity index (χ1n) is 6.95. The summed E-state index contributed by atoms with van der Waals surface area (Å²) in [4.78, 5) is 24.3. The summed E-state index contributed by atoms with van der Waals surface area (Å²) in [5, 5.41) is 3.86. The van der Waals surface area contributed by atoms with E-state index >= 15 is 0 Å². The molecule has 0 aliphatic rings. The van der Waals surface area contributed by atoms with E-state index in [4.69, 9.17) is 23.2 Å². The molecule has 2 aromatic carbocycles. The van der Waals surface area contributed by atoms with Gasteiger partial charge < -0.3 is 5.32 Å². The van der Waals surface area contributed by atoms with Crippen LogP contribution in [0.2, 0.25) is 10.0 Å². The summed E-state index contributed by atoms with van der Waals surface area (Å²) in [6, 6.07) is 8.58. The number of rotatable bonds is 2. The summed E-state index contributed by atoms with van der Waals surface area (Å²) in [6.45, 7) is 1.33. The SMILES string of the molecule is CC(=O)n1cc(C(=O)Nc2cc(Cl)ccc2Cl)c2ccc(F)cc21. The first-order chi connectivity index (χ1) is 11.4. The Morgan fingerprint density at radius 3 is 2.58 bits per heavy atom. The van der Waals surface area contributed by atoms with Gasteiger partial charge in [-0.25, -0.2) is 4.39 Å². The molecule has 1 aromatic heterocycles. The van der Waals surface area contributed by atoms with Crippen LogP contribution in [0.5, 0.6) is 0 Å². The topological polar surface area (TPSA) is 51.1 Å². The van der Waals surface area contributed by atoms with Crippen molar-refractivity contribution in [3.63, 3.8) is 0 Å². The third-order valence-corrected chi connectivity index (χ3v) is 4.09. The molecule has 0 saturated carbocycles. The lowest BCUT2D eigenvalue weighted by atomic mass is 10.1. The summed E-state index contributed by atoms with van der Waals surface area (Å²) in [5.41, 5.74) is 0.904. The van der Waals surface area contributed by atoms with Gasteiger partial charge in [0, 0.05) is 23.5 Å². The van der Waals surface area contributed by atoms with E-state index in [-0.39, 0.29) is 11.5 Å². The minimum atomic E-state index is -0.493. The number of halogens is 3. The molecule has 3 rings (SSSR count). The Bertz CT molecular complexity index is 982. The Hall–Kier alpha value is -2.37. The van der Waals surface area contributed by atoms with E-state index in [0.29, 0.717) is 26.6 Å². The van der Waals surface area contributed by atoms with Crippen LogP contribution in [0, 0.1) is 5.82 Å². The zero-order chi connectivity index (χ0) is 17.4. The van der Waals surface area contributed by atoms with Crippen molar-refractivity contribution >= 4 is 51.6 Å². The van der Waals surface area contributed by atoms with Crippen molar-refractivity contribution in [2.75, 3.05) is 5.32 Å². The van der Waals surface area contributed by atoms with E-state index in [2.05, 4.69) is 5.32 Å². The maximum Gasteiger partial charge on any atom is 0.257 e. The van der Waals surface area contributed by atoms with Gasteiger partial charge >= 0.3 is 0 Å². The monoisotopic (exact) mass is 364 g/mol. The average Bonchev–Trinajstić information content (AvgIpc) is 2.89. The number of hydrogen-bond donors (Lipinski definition) is 1. The molecule has 0 atom stereocenters. The summed E-state index contributed by atoms with van der Waals surface area (Å²) in [5.74, 6) is -1.30. The smallest absolute Gasteiger partial charge is 0.257 e. The van der Waals surface area contributed by atoms with Gasteiger partial charge in [0.2, 0.25) is 5.91 Å². The fourth-order valence-corrected chi connectivity index (χ4v) is 2.76. The van der Waals surface area contributed by atoms with Gasteiger partial charge in [0.15, 0.2) is 0 Å². The molecule has 1 amide bonds. The molecule has 1 heterocycles. The van der Waals surface area contributed by atoms with Crippen molar-refractivity contribution in [2.24, 2.45) is 0 Å². The fourth-order valence-electron chi connectivity index (χ4n) is 2.42. The molecule has 0 aliphatic carbocycles. The third-order valence-electron chi connectivity index (χ3n) is 3.53. The molecule has 24 heavy (non-hydrogen) atoms. The number of fused-ring (bicyclic) bond motifs is 1. The molecular weight excluding hydrogens is 354 g/mol. The Kier molecular flexibility index (Phi) is 4.30. The Balaban J connectivity index is 2.07. The number of nitrogens with one attached hydrogen (secondary N) is 1. The second-order valence-corrected chi connectivity index (χ2v) is 6.02. The maximum atomic E-state index is 13.5. The van der Waals surface area contributed by atoms with E-state index in [1.54, 1.807) is 12.1 Å². The highest BCUT2D eigenvalue weighted by Crippen LogP contribution is 2.28. The highest BCUT2D eigenvalue weighted by atomic mass is 35.5. The number of aromatic nitrogens is 1. The minimum absolute atomic E-state index is 0.233. The van der Waals surface area contributed by atoms with Crippen LogP contribution in [0.4, 0.5) is 10.1 Å². The lowest BCUT2D eigenvalue weighted by Crippen LogP contribution is -2.12. The number of anilines is 1. The second-order valence-electron chi connectivity index (χ2n) is 5.17. The summed E-state index contributed by atoms with van der Waals surface area (Å²) >= 11 is 11.9. The predicted molar refractivity (Wildman–Crippen MR) is 92.6 cm³/mol. The first-order valence-corrected chi connectivity index (χ1v) is 7.70. The normalized spacial score (nSPS) is 10.8. The van der Waals surface area contributed by atoms with E-state index in [1.807, 2.05) is 0 Å². The number of benzene rings is 2. The quantitative estimate of drug-likeness (QED) is 0.695. The predicted octanol–water partition coefficient (Wildman–Crippen LogP) is 5.00. The highest BCUT2D eigenvalue weighted by Gasteiger charge is 2.18. The Labute approximate surface area is 146 Å². The lowest BCUT2D eigenvalue weighted by Gasteiger charge is -2.07. The zero-order valence-corrected chi connectivity index (χ0v) is 14.0. The van der Waals surface area contributed by atoms with Crippen molar-refractivity contribution < 1.29 is 14.0 Å². The van der Waals surface area contributed by atoms with E-state index in [0.717, 1.165) is 0 Å². The molecule has 4 nitrogen and oxygen atoms in total. The lowest BCUT2D eigenvalue weighted by molar-refractivity contribution is 0.0941. The summed E-state index contributed by atoms with van der Waals surface area (Å²) in [7, 11) is 0. The molecule has 0 bridgehead atoms. The molecule has 122 valence electrons. The van der Waals surface area contributed by atoms with Gasteiger partial charge in [-0.1, -0.05) is 23.2 Å². The highest BCUT2D eigenvalue weighted by molar-refractivity contribution is 6.36. The number of carbonyl (C=O) groups excluding carboxylic acids is 2. The van der Waals surface area contributed by atoms with Crippen molar-refractivity contribution in [3.05, 3.63) is 64.0 Å². The summed E-state index contributed by atoms with van der Waals surface area (Å²) in [6.07, 6.45) is 1.38. The van der Waals surface area contributed by atoms with Crippen LogP contribution in [0.3, 0.4) is 0 Å². The fraction of sp³-hybridized carbons (Fsp3) is 0.0588. The summed E-state index contributed by atoms with van der Waals surface area (Å²) < 4.78 is 14.7. The number of amides is 1. The van der Waals surface area contributed by atoms with Crippen LogP contribution in [0.15, 0.2) is 42.6 Å². The van der Waals surface area contributed by atoms with Crippen LogP contribution in [0.1, 0.15) is 22.1 Å². The second kappa shape index (κ2) is 6.26. The minimum Gasteiger partial charge on any atom is -0.321 e. The van der Waals surface area contributed by atoms with Crippen LogP contribution in [0.25, 0.3) is 10.9 Å². The molecule has 7 heteroatoms. The van der Waals surface area contributed by atoms with Crippen LogP contribution in [-0.2, 0) is 0 Å². The number of nitrogens with zero attached hydrogens (tertiary/aromatic N) is 1. The molecular formula is C17H11Cl2FN2O2. The van der Waals surface area contributed by atoms with Gasteiger partial charge in [-0.15, -0.1) is 0 Å². The third kappa shape index (κ3) is 3.00. The molecule has 0 radical (unpaired) electrons. The largest absolute Gasteiger partial charge is 0.321 e. The Morgan fingerprint density at radius 1 is 1.12 bits per heavy atom. The van der Waals surface area contributed by atoms with E-state index < -0.39 is 11.7 Å². The molecule has 0 saturated heterocycles. The van der Waals surface area contributed by atoms with Crippen molar-refractivity contribution in [1.29, 1.82) is 0 Å². The van der Waals surface area contributed by atoms with E-state index in [9.17, 15) is 14.0 Å². The van der Waals surface area contributed by atoms with Crippen molar-refractivity contribution in [3.8, 4) is 0 Å². The van der Waals surface area contributed by atoms with Gasteiger partial charge in [0.25, 0.3) is 5.91 Å². The van der Waals surface area contributed by atoms with Gasteiger partial charge in [-0.05, 0) is 36.4 Å². The molecule has 1 N–H and O–H groups in total. The maximum absolute atomic E-state index is 13.5. The van der Waals surface area contributed by atoms with Gasteiger partial charge in [-0.3, -0.25) is 14.2 Å². The van der Waals surface area contributed by atoms with Crippen molar-refractivity contribution in [1.82, 2.24) is 4.57 Å². The number of carbonyl (C=O) groups is 2. The zero-order valence-electron chi connectivity index (χ0n) is 12.4. The Morgan fingerprint density at radius 2 is 1.88 bits per heavy atom. The van der Waals surface area contributed by atoms with Crippen LogP contribution >= 0.6 is 23.2 Å². The van der Waals surface area contributed by atoms with Gasteiger partial charge in [0.1, 0.15) is 5.82 Å². The molecule has 0 fully saturated rings.